The minimum atomic E-state index is -4.21. The number of aromatic nitrogens is 2. The first-order valence-corrected chi connectivity index (χ1v) is 5.77. The lowest BCUT2D eigenvalue weighted by Crippen LogP contribution is -2.37. The van der Waals surface area contributed by atoms with E-state index >= 15 is 0 Å². The molecule has 0 aliphatic carbocycles. The standard InChI is InChI=1S/C10H13F4N3O3/c11-7(12)10(13,14)5-19-3-6-16-8(20-17-6)9(15)1-2-18-4-9/h7H,1-5,15H2. The van der Waals surface area contributed by atoms with E-state index in [0.717, 1.165) is 0 Å². The van der Waals surface area contributed by atoms with Crippen molar-refractivity contribution >= 4 is 0 Å². The van der Waals surface area contributed by atoms with Gasteiger partial charge in [-0.2, -0.15) is 13.8 Å². The fourth-order valence-electron chi connectivity index (χ4n) is 1.61. The van der Waals surface area contributed by atoms with Crippen LogP contribution in [-0.2, 0) is 21.6 Å². The van der Waals surface area contributed by atoms with Crippen LogP contribution in [0.3, 0.4) is 0 Å². The fourth-order valence-corrected chi connectivity index (χ4v) is 1.61. The molecule has 1 aromatic rings. The van der Waals surface area contributed by atoms with Crippen LogP contribution >= 0.6 is 0 Å². The smallest absolute Gasteiger partial charge is 0.330 e. The van der Waals surface area contributed by atoms with Gasteiger partial charge in [0.2, 0.25) is 5.89 Å². The number of hydrogen-bond acceptors (Lipinski definition) is 6. The maximum atomic E-state index is 12.6. The summed E-state index contributed by atoms with van der Waals surface area (Å²) in [7, 11) is 0. The van der Waals surface area contributed by atoms with Gasteiger partial charge in [0, 0.05) is 6.61 Å². The minimum absolute atomic E-state index is 0.0400. The second-order valence-electron chi connectivity index (χ2n) is 4.53. The summed E-state index contributed by atoms with van der Waals surface area (Å²) in [5, 5.41) is 3.49. The first kappa shape index (κ1) is 15.1. The Bertz CT molecular complexity index is 449. The van der Waals surface area contributed by atoms with Crippen molar-refractivity contribution in [2.24, 2.45) is 5.73 Å². The third-order valence-electron chi connectivity index (χ3n) is 2.79. The zero-order chi connectivity index (χ0) is 14.8. The van der Waals surface area contributed by atoms with Gasteiger partial charge in [0.1, 0.15) is 18.8 Å². The topological polar surface area (TPSA) is 83.4 Å². The monoisotopic (exact) mass is 299 g/mol. The van der Waals surface area contributed by atoms with Gasteiger partial charge in [-0.25, -0.2) is 8.78 Å². The van der Waals surface area contributed by atoms with Crippen molar-refractivity contribution in [2.75, 3.05) is 19.8 Å². The molecule has 1 unspecified atom stereocenters. The molecule has 10 heteroatoms. The Kier molecular flexibility index (Phi) is 4.25. The lowest BCUT2D eigenvalue weighted by atomic mass is 10.0. The SMILES string of the molecule is NC1(c2nc(COCC(F)(F)C(F)F)no2)CCOC1. The molecule has 2 heterocycles. The number of nitrogens with zero attached hydrogens (tertiary/aromatic N) is 2. The number of ether oxygens (including phenoxy) is 2. The van der Waals surface area contributed by atoms with Gasteiger partial charge in [0.05, 0.1) is 6.61 Å². The quantitative estimate of drug-likeness (QED) is 0.791. The number of rotatable bonds is 6. The van der Waals surface area contributed by atoms with E-state index in [1.165, 1.54) is 0 Å². The van der Waals surface area contributed by atoms with Crippen LogP contribution < -0.4 is 5.73 Å². The summed E-state index contributed by atoms with van der Waals surface area (Å²) in [5.74, 6) is -4.14. The molecular formula is C10H13F4N3O3. The first-order chi connectivity index (χ1) is 9.33. The average Bonchev–Trinajstić information content (AvgIpc) is 2.99. The molecule has 0 spiro atoms. The molecule has 0 radical (unpaired) electrons. The molecule has 0 bridgehead atoms. The van der Waals surface area contributed by atoms with Crippen molar-refractivity contribution in [1.82, 2.24) is 10.1 Å². The zero-order valence-corrected chi connectivity index (χ0v) is 10.3. The number of alkyl halides is 4. The molecule has 0 saturated carbocycles. The molecule has 20 heavy (non-hydrogen) atoms. The van der Waals surface area contributed by atoms with Crippen molar-refractivity contribution in [1.29, 1.82) is 0 Å². The highest BCUT2D eigenvalue weighted by Gasteiger charge is 2.41. The lowest BCUT2D eigenvalue weighted by Gasteiger charge is -2.15. The first-order valence-electron chi connectivity index (χ1n) is 5.77. The maximum absolute atomic E-state index is 12.6. The molecular weight excluding hydrogens is 286 g/mol. The number of nitrogens with two attached hydrogens (primary N) is 1. The molecule has 1 aromatic heterocycles. The largest absolute Gasteiger partial charge is 0.379 e. The van der Waals surface area contributed by atoms with Crippen LogP contribution in [0.5, 0.6) is 0 Å². The number of hydrogen-bond donors (Lipinski definition) is 1. The highest BCUT2D eigenvalue weighted by Crippen LogP contribution is 2.26. The summed E-state index contributed by atoms with van der Waals surface area (Å²) in [6.45, 7) is -1.24. The summed E-state index contributed by atoms with van der Waals surface area (Å²) in [6.07, 6.45) is -3.30. The Morgan fingerprint density at radius 1 is 1.45 bits per heavy atom. The molecule has 1 aliphatic heterocycles. The Hall–Kier alpha value is -1.26. The van der Waals surface area contributed by atoms with E-state index in [1.807, 2.05) is 0 Å². The third kappa shape index (κ3) is 3.25. The van der Waals surface area contributed by atoms with Crippen molar-refractivity contribution in [3.63, 3.8) is 0 Å². The molecule has 2 rings (SSSR count). The van der Waals surface area contributed by atoms with Crippen LogP contribution in [0.2, 0.25) is 0 Å². The summed E-state index contributed by atoms with van der Waals surface area (Å²) in [6, 6.07) is 0. The van der Waals surface area contributed by atoms with Gasteiger partial charge in [-0.3, -0.25) is 0 Å². The average molecular weight is 299 g/mol. The summed E-state index contributed by atoms with van der Waals surface area (Å²) < 4.78 is 63.4. The predicted molar refractivity (Wildman–Crippen MR) is 56.2 cm³/mol. The molecule has 0 amide bonds. The van der Waals surface area contributed by atoms with Gasteiger partial charge in [-0.05, 0) is 6.42 Å². The van der Waals surface area contributed by atoms with Gasteiger partial charge in [0.15, 0.2) is 5.82 Å². The van der Waals surface area contributed by atoms with Crippen LogP contribution in [0.15, 0.2) is 4.52 Å². The van der Waals surface area contributed by atoms with E-state index < -0.39 is 31.1 Å². The second kappa shape index (κ2) is 5.62. The fraction of sp³-hybridized carbons (Fsp3) is 0.800. The van der Waals surface area contributed by atoms with Gasteiger partial charge in [0.25, 0.3) is 0 Å². The van der Waals surface area contributed by atoms with Crippen molar-refractivity contribution in [3.8, 4) is 0 Å². The van der Waals surface area contributed by atoms with E-state index in [1.54, 1.807) is 0 Å². The van der Waals surface area contributed by atoms with Gasteiger partial charge in [-0.15, -0.1) is 0 Å². The maximum Gasteiger partial charge on any atom is 0.330 e. The molecule has 6 nitrogen and oxygen atoms in total. The Morgan fingerprint density at radius 2 is 2.20 bits per heavy atom. The Labute approximate surface area is 111 Å². The zero-order valence-electron chi connectivity index (χ0n) is 10.3. The molecule has 1 saturated heterocycles. The van der Waals surface area contributed by atoms with E-state index in [0.29, 0.717) is 13.0 Å². The second-order valence-corrected chi connectivity index (χ2v) is 4.53. The van der Waals surface area contributed by atoms with E-state index in [4.69, 9.17) is 15.0 Å². The van der Waals surface area contributed by atoms with Gasteiger partial charge in [-0.1, -0.05) is 5.16 Å². The molecule has 1 fully saturated rings. The van der Waals surface area contributed by atoms with Crippen LogP contribution in [0.1, 0.15) is 18.1 Å². The van der Waals surface area contributed by atoms with Crippen LogP contribution in [0.25, 0.3) is 0 Å². The van der Waals surface area contributed by atoms with Gasteiger partial charge >= 0.3 is 12.3 Å². The lowest BCUT2D eigenvalue weighted by molar-refractivity contribution is -0.168. The van der Waals surface area contributed by atoms with E-state index in [-0.39, 0.29) is 18.3 Å². The van der Waals surface area contributed by atoms with Crippen molar-refractivity contribution in [3.05, 3.63) is 11.7 Å². The van der Waals surface area contributed by atoms with Crippen LogP contribution in [0, 0.1) is 0 Å². The third-order valence-corrected chi connectivity index (χ3v) is 2.79. The Morgan fingerprint density at radius 3 is 2.80 bits per heavy atom. The van der Waals surface area contributed by atoms with Crippen LogP contribution in [0.4, 0.5) is 17.6 Å². The van der Waals surface area contributed by atoms with Crippen molar-refractivity contribution < 1.29 is 31.6 Å². The minimum Gasteiger partial charge on any atom is -0.379 e. The van der Waals surface area contributed by atoms with Crippen LogP contribution in [-0.4, -0.2) is 42.3 Å². The molecule has 1 aliphatic rings. The summed E-state index contributed by atoms with van der Waals surface area (Å²) in [4.78, 5) is 3.89. The normalized spacial score (nSPS) is 23.7. The highest BCUT2D eigenvalue weighted by atomic mass is 19.3. The molecule has 114 valence electrons. The predicted octanol–water partition coefficient (Wildman–Crippen LogP) is 1.06. The molecule has 2 N–H and O–H groups in total. The van der Waals surface area contributed by atoms with E-state index in [9.17, 15) is 17.6 Å². The number of halogens is 4. The molecule has 0 aromatic carbocycles. The van der Waals surface area contributed by atoms with E-state index in [2.05, 4.69) is 14.9 Å². The summed E-state index contributed by atoms with van der Waals surface area (Å²) >= 11 is 0. The Balaban J connectivity index is 1.87. The molecule has 1 atom stereocenters. The summed E-state index contributed by atoms with van der Waals surface area (Å²) in [5.41, 5.74) is 5.05. The van der Waals surface area contributed by atoms with Gasteiger partial charge < -0.3 is 19.7 Å². The van der Waals surface area contributed by atoms with Crippen molar-refractivity contribution in [2.45, 2.75) is 30.9 Å². The highest BCUT2D eigenvalue weighted by molar-refractivity contribution is 5.04.